The van der Waals surface area contributed by atoms with Gasteiger partial charge < -0.3 is 20.1 Å². The van der Waals surface area contributed by atoms with E-state index in [2.05, 4.69) is 0 Å². The second-order valence-electron chi connectivity index (χ2n) is 4.76. The molecular weight excluding hydrogens is 324 g/mol. The fourth-order valence-electron chi connectivity index (χ4n) is 1.97. The van der Waals surface area contributed by atoms with Crippen molar-refractivity contribution in [3.8, 4) is 11.5 Å². The van der Waals surface area contributed by atoms with E-state index in [4.69, 9.17) is 15.2 Å². The normalized spacial score (nSPS) is 11.3. The van der Waals surface area contributed by atoms with E-state index >= 15 is 0 Å². The Morgan fingerprint density at radius 1 is 1.36 bits per heavy atom. The molecule has 0 aliphatic carbocycles. The summed E-state index contributed by atoms with van der Waals surface area (Å²) in [6.07, 6.45) is 2.69. The Kier molecular flexibility index (Phi) is 10.1. The predicted octanol–water partition coefficient (Wildman–Crippen LogP) is 2.16. The van der Waals surface area contributed by atoms with Crippen molar-refractivity contribution in [2.75, 3.05) is 33.3 Å². The number of carbonyl (C=O) groups is 1. The third-order valence-electron chi connectivity index (χ3n) is 3.23. The summed E-state index contributed by atoms with van der Waals surface area (Å²) in [6, 6.07) is 5.10. The topological polar surface area (TPSA) is 64.8 Å². The van der Waals surface area contributed by atoms with Crippen molar-refractivity contribution in [2.45, 2.75) is 19.0 Å². The lowest BCUT2D eigenvalue weighted by Crippen LogP contribution is -2.41. The zero-order chi connectivity index (χ0) is 15.8. The highest BCUT2D eigenvalue weighted by molar-refractivity contribution is 7.98. The van der Waals surface area contributed by atoms with Crippen molar-refractivity contribution in [2.24, 2.45) is 5.73 Å². The molecule has 1 rings (SSSR count). The van der Waals surface area contributed by atoms with E-state index in [1.54, 1.807) is 44.0 Å². The number of rotatable bonds is 8. The number of nitrogens with zero attached hydrogens (tertiary/aromatic N) is 1. The predicted molar refractivity (Wildman–Crippen MR) is 94.2 cm³/mol. The summed E-state index contributed by atoms with van der Waals surface area (Å²) in [5, 5.41) is 0. The average molecular weight is 349 g/mol. The van der Waals surface area contributed by atoms with Gasteiger partial charge in [0, 0.05) is 25.2 Å². The molecule has 0 spiro atoms. The molecule has 2 N–H and O–H groups in total. The zero-order valence-corrected chi connectivity index (χ0v) is 15.1. The minimum atomic E-state index is -0.452. The third-order valence-corrected chi connectivity index (χ3v) is 3.87. The molecule has 1 amide bonds. The van der Waals surface area contributed by atoms with Crippen molar-refractivity contribution in [1.29, 1.82) is 0 Å². The number of benzene rings is 1. The van der Waals surface area contributed by atoms with Crippen LogP contribution in [0.4, 0.5) is 0 Å². The number of hydrogen-bond donors (Lipinski definition) is 1. The number of nitrogens with two attached hydrogens (primary N) is 1. The van der Waals surface area contributed by atoms with Crippen LogP contribution in [0.25, 0.3) is 0 Å². The van der Waals surface area contributed by atoms with Crippen LogP contribution in [-0.4, -0.2) is 50.1 Å². The quantitative estimate of drug-likeness (QED) is 0.780. The van der Waals surface area contributed by atoms with Crippen molar-refractivity contribution >= 4 is 30.1 Å². The van der Waals surface area contributed by atoms with Gasteiger partial charge >= 0.3 is 0 Å². The summed E-state index contributed by atoms with van der Waals surface area (Å²) >= 11 is 1.69. The molecular formula is C15H25ClN2O3S. The Morgan fingerprint density at radius 3 is 2.59 bits per heavy atom. The van der Waals surface area contributed by atoms with Gasteiger partial charge in [-0.2, -0.15) is 11.8 Å². The molecule has 126 valence electrons. The first-order valence-corrected chi connectivity index (χ1v) is 8.13. The van der Waals surface area contributed by atoms with Crippen LogP contribution in [0.5, 0.6) is 11.5 Å². The largest absolute Gasteiger partial charge is 0.497 e. The second-order valence-corrected chi connectivity index (χ2v) is 5.75. The van der Waals surface area contributed by atoms with E-state index in [0.29, 0.717) is 18.7 Å². The molecule has 7 heteroatoms. The number of thioether (sulfide) groups is 1. The lowest BCUT2D eigenvalue weighted by molar-refractivity contribution is -0.131. The monoisotopic (exact) mass is 348 g/mol. The minimum absolute atomic E-state index is 0. The van der Waals surface area contributed by atoms with Gasteiger partial charge in [0.2, 0.25) is 5.91 Å². The number of hydrogen-bond acceptors (Lipinski definition) is 5. The van der Waals surface area contributed by atoms with E-state index in [-0.39, 0.29) is 18.3 Å². The summed E-state index contributed by atoms with van der Waals surface area (Å²) in [4.78, 5) is 13.8. The number of likely N-dealkylation sites (N-methyl/N-ethyl adjacent to an activating group) is 1. The maximum atomic E-state index is 12.2. The SMILES string of the molecule is COc1ccc(CN(C)C(=O)[C@@H](N)CCSC)c(OC)c1.Cl. The molecule has 1 aromatic rings. The van der Waals surface area contributed by atoms with Crippen LogP contribution >= 0.6 is 24.2 Å². The second kappa shape index (κ2) is 10.6. The van der Waals surface area contributed by atoms with Gasteiger partial charge in [-0.25, -0.2) is 0 Å². The highest BCUT2D eigenvalue weighted by Gasteiger charge is 2.19. The highest BCUT2D eigenvalue weighted by atomic mass is 35.5. The van der Waals surface area contributed by atoms with E-state index in [1.165, 1.54) is 0 Å². The molecule has 0 heterocycles. The first-order chi connectivity index (χ1) is 10.0. The lowest BCUT2D eigenvalue weighted by Gasteiger charge is -2.22. The van der Waals surface area contributed by atoms with Gasteiger partial charge in [0.15, 0.2) is 0 Å². The van der Waals surface area contributed by atoms with E-state index in [1.807, 2.05) is 18.4 Å². The summed E-state index contributed by atoms with van der Waals surface area (Å²) in [5.41, 5.74) is 6.84. The van der Waals surface area contributed by atoms with Gasteiger partial charge in [-0.3, -0.25) is 4.79 Å². The molecule has 0 saturated heterocycles. The van der Waals surface area contributed by atoms with Gasteiger partial charge in [0.25, 0.3) is 0 Å². The smallest absolute Gasteiger partial charge is 0.239 e. The summed E-state index contributed by atoms with van der Waals surface area (Å²) in [7, 11) is 4.96. The van der Waals surface area contributed by atoms with Crippen LogP contribution < -0.4 is 15.2 Å². The molecule has 0 aromatic heterocycles. The van der Waals surface area contributed by atoms with Gasteiger partial charge in [-0.05, 0) is 30.6 Å². The Bertz CT molecular complexity index is 474. The summed E-state index contributed by atoms with van der Waals surface area (Å²) in [5.74, 6) is 2.25. The van der Waals surface area contributed by atoms with E-state index < -0.39 is 6.04 Å². The van der Waals surface area contributed by atoms with Gasteiger partial charge in [0.05, 0.1) is 20.3 Å². The Hall–Kier alpha value is -1.11. The maximum Gasteiger partial charge on any atom is 0.239 e. The van der Waals surface area contributed by atoms with E-state index in [0.717, 1.165) is 17.1 Å². The first kappa shape index (κ1) is 20.9. The van der Waals surface area contributed by atoms with Crippen molar-refractivity contribution in [1.82, 2.24) is 4.90 Å². The molecule has 0 aliphatic heterocycles. The van der Waals surface area contributed by atoms with Gasteiger partial charge in [-0.15, -0.1) is 12.4 Å². The Labute approximate surface area is 142 Å². The highest BCUT2D eigenvalue weighted by Crippen LogP contribution is 2.25. The standard InChI is InChI=1S/C15H24N2O3S.ClH/c1-17(15(18)13(16)7-8-21-4)10-11-5-6-12(19-2)9-14(11)20-3;/h5-6,9,13H,7-8,10,16H2,1-4H3;1H/t13-;/m0./s1. The molecule has 0 unspecified atom stereocenters. The molecule has 22 heavy (non-hydrogen) atoms. The lowest BCUT2D eigenvalue weighted by atomic mass is 10.1. The van der Waals surface area contributed by atoms with E-state index in [9.17, 15) is 4.79 Å². The molecule has 0 aliphatic rings. The average Bonchev–Trinajstić information content (AvgIpc) is 2.51. The zero-order valence-electron chi connectivity index (χ0n) is 13.5. The number of methoxy groups -OCH3 is 2. The fraction of sp³-hybridized carbons (Fsp3) is 0.533. The molecule has 0 radical (unpaired) electrons. The molecule has 0 fully saturated rings. The molecule has 5 nitrogen and oxygen atoms in total. The fourth-order valence-corrected chi connectivity index (χ4v) is 2.46. The van der Waals surface area contributed by atoms with Crippen LogP contribution in [0.2, 0.25) is 0 Å². The third kappa shape index (κ3) is 5.94. The maximum absolute atomic E-state index is 12.2. The van der Waals surface area contributed by atoms with Gasteiger partial charge in [0.1, 0.15) is 11.5 Å². The first-order valence-electron chi connectivity index (χ1n) is 6.73. The molecule has 0 bridgehead atoms. The number of ether oxygens (including phenoxy) is 2. The van der Waals surface area contributed by atoms with Crippen LogP contribution in [0.15, 0.2) is 18.2 Å². The summed E-state index contributed by atoms with van der Waals surface area (Å²) in [6.45, 7) is 0.457. The van der Waals surface area contributed by atoms with Crippen molar-refractivity contribution in [3.63, 3.8) is 0 Å². The van der Waals surface area contributed by atoms with Crippen LogP contribution in [-0.2, 0) is 11.3 Å². The molecule has 1 aromatic carbocycles. The Balaban J connectivity index is 0.00000441. The van der Waals surface area contributed by atoms with Gasteiger partial charge in [-0.1, -0.05) is 0 Å². The van der Waals surface area contributed by atoms with Crippen LogP contribution in [0, 0.1) is 0 Å². The number of halogens is 1. The van der Waals surface area contributed by atoms with Crippen molar-refractivity contribution in [3.05, 3.63) is 23.8 Å². The summed E-state index contributed by atoms with van der Waals surface area (Å²) < 4.78 is 10.5. The van der Waals surface area contributed by atoms with Crippen LogP contribution in [0.1, 0.15) is 12.0 Å². The van der Waals surface area contributed by atoms with Crippen molar-refractivity contribution < 1.29 is 14.3 Å². The Morgan fingerprint density at radius 2 is 2.05 bits per heavy atom. The minimum Gasteiger partial charge on any atom is -0.497 e. The van der Waals surface area contributed by atoms with Crippen LogP contribution in [0.3, 0.4) is 0 Å². The number of carbonyl (C=O) groups excluding carboxylic acids is 1. The molecule has 1 atom stereocenters. The number of amides is 1. The molecule has 0 saturated carbocycles.